The van der Waals surface area contributed by atoms with Gasteiger partial charge in [-0.05, 0) is 44.7 Å². The van der Waals surface area contributed by atoms with Crippen LogP contribution in [0.15, 0.2) is 35.9 Å². The molecule has 2 atom stereocenters. The number of ether oxygens (including phenoxy) is 2. The molecule has 4 rings (SSSR count). The number of piperidine rings is 1. The molecule has 3 aromatic rings. The largest absolute Gasteiger partial charge is 0.378 e. The first-order valence-corrected chi connectivity index (χ1v) is 13.6. The molecular formula is C26H35N5O3S2. The molecule has 0 spiro atoms. The van der Waals surface area contributed by atoms with Gasteiger partial charge in [-0.1, -0.05) is 25.1 Å². The van der Waals surface area contributed by atoms with Crippen LogP contribution in [0.1, 0.15) is 55.5 Å². The summed E-state index contributed by atoms with van der Waals surface area (Å²) in [6, 6.07) is 4.37. The summed E-state index contributed by atoms with van der Waals surface area (Å²) in [4.78, 5) is 27.1. The zero-order valence-electron chi connectivity index (χ0n) is 21.6. The Morgan fingerprint density at radius 3 is 2.78 bits per heavy atom. The van der Waals surface area contributed by atoms with Crippen molar-refractivity contribution in [3.63, 3.8) is 0 Å². The van der Waals surface area contributed by atoms with Gasteiger partial charge in [0.05, 0.1) is 22.9 Å². The second kappa shape index (κ2) is 13.6. The second-order valence-corrected chi connectivity index (χ2v) is 10.5. The van der Waals surface area contributed by atoms with E-state index < -0.39 is 0 Å². The number of hydrogen-bond acceptors (Lipinski definition) is 9. The molecule has 1 fully saturated rings. The van der Waals surface area contributed by atoms with E-state index in [1.165, 1.54) is 16.9 Å². The number of hydrogen-bond donors (Lipinski definition) is 1. The molecule has 10 heteroatoms. The van der Waals surface area contributed by atoms with Crippen LogP contribution in [0, 0.1) is 6.92 Å². The van der Waals surface area contributed by atoms with Gasteiger partial charge in [0.25, 0.3) is 0 Å². The van der Waals surface area contributed by atoms with E-state index >= 15 is 0 Å². The minimum Gasteiger partial charge on any atom is -0.378 e. The summed E-state index contributed by atoms with van der Waals surface area (Å²) < 4.78 is 10.7. The Labute approximate surface area is 221 Å². The van der Waals surface area contributed by atoms with Gasteiger partial charge in [0.15, 0.2) is 5.13 Å². The first-order valence-electron chi connectivity index (χ1n) is 11.9. The Hall–Kier alpha value is -2.66. The molecule has 1 saturated heterocycles. The molecule has 0 saturated carbocycles. The molecule has 1 amide bonds. The van der Waals surface area contributed by atoms with Crippen molar-refractivity contribution in [2.75, 3.05) is 26.1 Å². The van der Waals surface area contributed by atoms with Gasteiger partial charge in [0.1, 0.15) is 16.9 Å². The van der Waals surface area contributed by atoms with E-state index in [9.17, 15) is 4.79 Å². The summed E-state index contributed by atoms with van der Waals surface area (Å²) >= 11 is 3.13. The lowest BCUT2D eigenvalue weighted by Gasteiger charge is -2.33. The second-order valence-electron chi connectivity index (χ2n) is 8.63. The average molecular weight is 530 g/mol. The number of aryl methyl sites for hydroxylation is 1. The third-order valence-electron chi connectivity index (χ3n) is 5.90. The Kier molecular flexibility index (Phi) is 10.5. The molecule has 1 aliphatic heterocycles. The van der Waals surface area contributed by atoms with E-state index in [4.69, 9.17) is 9.47 Å². The van der Waals surface area contributed by atoms with Gasteiger partial charge in [-0.3, -0.25) is 4.79 Å². The summed E-state index contributed by atoms with van der Waals surface area (Å²) in [6.07, 6.45) is 5.75. The van der Waals surface area contributed by atoms with Crippen LogP contribution in [0.25, 0.3) is 10.6 Å². The van der Waals surface area contributed by atoms with Gasteiger partial charge in [-0.2, -0.15) is 0 Å². The molecule has 1 N–H and O–H groups in total. The van der Waals surface area contributed by atoms with Crippen LogP contribution in [0.5, 0.6) is 0 Å². The lowest BCUT2D eigenvalue weighted by molar-refractivity contribution is -0.120. The molecule has 3 aromatic heterocycles. The molecule has 1 unspecified atom stereocenters. The number of carbonyl (C=O) groups is 1. The van der Waals surface area contributed by atoms with E-state index in [0.717, 1.165) is 70.0 Å². The molecule has 0 aromatic carbocycles. The van der Waals surface area contributed by atoms with Crippen LogP contribution in [0.2, 0.25) is 0 Å². The number of likely N-dealkylation sites (tertiary alicyclic amines) is 1. The van der Waals surface area contributed by atoms with Crippen LogP contribution in [-0.4, -0.2) is 53.1 Å². The van der Waals surface area contributed by atoms with Crippen LogP contribution >= 0.6 is 22.7 Å². The van der Waals surface area contributed by atoms with Crippen LogP contribution in [-0.2, 0) is 20.9 Å². The van der Waals surface area contributed by atoms with Crippen molar-refractivity contribution in [2.24, 2.45) is 0 Å². The normalized spacial score (nSPS) is 16.3. The van der Waals surface area contributed by atoms with E-state index in [1.807, 2.05) is 42.5 Å². The number of nitrogens with zero attached hydrogens (tertiary/aromatic N) is 4. The highest BCUT2D eigenvalue weighted by Crippen LogP contribution is 2.36. The van der Waals surface area contributed by atoms with Crippen molar-refractivity contribution in [3.05, 3.63) is 52.1 Å². The van der Waals surface area contributed by atoms with Crippen LogP contribution in [0.3, 0.4) is 0 Å². The molecule has 0 radical (unpaired) electrons. The van der Waals surface area contributed by atoms with E-state index in [1.54, 1.807) is 25.6 Å². The third-order valence-corrected chi connectivity index (χ3v) is 7.94. The Morgan fingerprint density at radius 2 is 2.14 bits per heavy atom. The Balaban J connectivity index is 0.000000275. The number of thiazole rings is 2. The molecule has 8 nitrogen and oxygen atoms in total. The first-order chi connectivity index (χ1) is 17.4. The predicted octanol–water partition coefficient (Wildman–Crippen LogP) is 6.14. The number of pyridine rings is 1. The minimum atomic E-state index is -0.0534. The maximum absolute atomic E-state index is 10.5. The average Bonchev–Trinajstić information content (AvgIpc) is 3.52. The highest BCUT2D eigenvalue weighted by atomic mass is 32.1. The number of nitrogens with one attached hydrogen (secondary N) is 1. The van der Waals surface area contributed by atoms with Gasteiger partial charge >= 0.3 is 0 Å². The fourth-order valence-electron chi connectivity index (χ4n) is 3.71. The van der Waals surface area contributed by atoms with Gasteiger partial charge in [0.2, 0.25) is 6.41 Å². The van der Waals surface area contributed by atoms with E-state index in [0.29, 0.717) is 12.6 Å². The highest BCUT2D eigenvalue weighted by Gasteiger charge is 2.21. The minimum absolute atomic E-state index is 0.0534. The first kappa shape index (κ1) is 27.9. The SMILES string of the molecule is C=C1CCN(C=O)[C@@H](CC)C1.COCc1nc(C(C)OC)sc1-c1csc(Nc2ccc(C)cn2)n1. The lowest BCUT2D eigenvalue weighted by atomic mass is 9.97. The third kappa shape index (κ3) is 7.42. The molecule has 194 valence electrons. The quantitative estimate of drug-likeness (QED) is 0.263. The van der Waals surface area contributed by atoms with Crippen LogP contribution < -0.4 is 5.32 Å². The van der Waals surface area contributed by atoms with Gasteiger partial charge in [0, 0.05) is 38.4 Å². The lowest BCUT2D eigenvalue weighted by Crippen LogP contribution is -2.38. The summed E-state index contributed by atoms with van der Waals surface area (Å²) in [5.74, 6) is 0.779. The molecule has 0 bridgehead atoms. The molecule has 1 aliphatic rings. The number of amides is 1. The Morgan fingerprint density at radius 1 is 1.33 bits per heavy atom. The van der Waals surface area contributed by atoms with Crippen molar-refractivity contribution in [3.8, 4) is 10.6 Å². The zero-order chi connectivity index (χ0) is 26.1. The van der Waals surface area contributed by atoms with E-state index in [-0.39, 0.29) is 6.10 Å². The Bertz CT molecular complexity index is 1130. The predicted molar refractivity (Wildman–Crippen MR) is 147 cm³/mol. The summed E-state index contributed by atoms with van der Waals surface area (Å²) in [5.41, 5.74) is 4.18. The van der Waals surface area contributed by atoms with Crippen LogP contribution in [0.4, 0.5) is 10.9 Å². The zero-order valence-corrected chi connectivity index (χ0v) is 23.2. The molecule has 36 heavy (non-hydrogen) atoms. The topological polar surface area (TPSA) is 89.5 Å². The fraction of sp³-hybridized carbons (Fsp3) is 0.462. The smallest absolute Gasteiger partial charge is 0.209 e. The summed E-state index contributed by atoms with van der Waals surface area (Å²) in [5, 5.41) is 6.98. The molecule has 4 heterocycles. The van der Waals surface area contributed by atoms with Crippen molar-refractivity contribution < 1.29 is 14.3 Å². The van der Waals surface area contributed by atoms with Crippen molar-refractivity contribution in [1.82, 2.24) is 19.9 Å². The fourth-order valence-corrected chi connectivity index (χ4v) is 5.55. The number of methoxy groups -OCH3 is 2. The highest BCUT2D eigenvalue weighted by molar-refractivity contribution is 7.17. The van der Waals surface area contributed by atoms with Crippen molar-refractivity contribution >= 4 is 40.0 Å². The molecule has 0 aliphatic carbocycles. The number of carbonyl (C=O) groups excluding carboxylic acids is 1. The monoisotopic (exact) mass is 529 g/mol. The van der Waals surface area contributed by atoms with Gasteiger partial charge in [-0.15, -0.1) is 22.7 Å². The number of anilines is 2. The van der Waals surface area contributed by atoms with Gasteiger partial charge < -0.3 is 19.7 Å². The molecular weight excluding hydrogens is 494 g/mol. The number of rotatable bonds is 9. The summed E-state index contributed by atoms with van der Waals surface area (Å²) in [6.45, 7) is 11.4. The van der Waals surface area contributed by atoms with Crippen molar-refractivity contribution in [1.29, 1.82) is 0 Å². The van der Waals surface area contributed by atoms with E-state index in [2.05, 4.69) is 33.8 Å². The van der Waals surface area contributed by atoms with Crippen molar-refractivity contribution in [2.45, 2.75) is 58.8 Å². The maximum atomic E-state index is 10.5. The standard InChI is InChI=1S/C17H20N4O2S2.C9H15NO/c1-10-5-6-14(18-7-10)21-17-20-13(9-24-17)15-12(8-22-3)19-16(25-15)11(2)23-4;1-3-9-6-8(2)4-5-10(9)7-11/h5-7,9,11H,8H2,1-4H3,(H,18,20,21);7,9H,2-6H2,1H3/t;9-/m.0/s1. The van der Waals surface area contributed by atoms with Gasteiger partial charge in [-0.25, -0.2) is 15.0 Å². The maximum Gasteiger partial charge on any atom is 0.209 e. The summed E-state index contributed by atoms with van der Waals surface area (Å²) in [7, 11) is 3.35. The number of aromatic nitrogens is 3.